The molecule has 102 valence electrons. The lowest BCUT2D eigenvalue weighted by molar-refractivity contribution is -0.133. The van der Waals surface area contributed by atoms with Crippen LogP contribution in [0, 0.1) is 11.6 Å². The van der Waals surface area contributed by atoms with Gasteiger partial charge in [0.25, 0.3) is 5.91 Å². The molecule has 0 aliphatic carbocycles. The standard InChI is InChI=1S/C15H11F2NO2/c16-11-6-5-9(7-12(11)17)8-15(20)10-3-1-2-4-13(10)18-14(15)19/h1-7,20H,8H2,(H,18,19). The lowest BCUT2D eigenvalue weighted by Crippen LogP contribution is -2.36. The second-order valence-corrected chi connectivity index (χ2v) is 4.79. The quantitative estimate of drug-likeness (QED) is 0.884. The summed E-state index contributed by atoms with van der Waals surface area (Å²) in [5.41, 5.74) is -0.448. The summed E-state index contributed by atoms with van der Waals surface area (Å²) in [4.78, 5) is 12.0. The van der Waals surface area contributed by atoms with Crippen LogP contribution < -0.4 is 5.32 Å². The minimum absolute atomic E-state index is 0.118. The second kappa shape index (κ2) is 4.38. The lowest BCUT2D eigenvalue weighted by atomic mass is 9.88. The Morgan fingerprint density at radius 1 is 1.10 bits per heavy atom. The highest BCUT2D eigenvalue weighted by molar-refractivity contribution is 6.05. The molecule has 2 N–H and O–H groups in total. The number of hydrogen-bond donors (Lipinski definition) is 2. The maximum Gasteiger partial charge on any atom is 0.261 e. The molecule has 0 saturated heterocycles. The number of carbonyl (C=O) groups is 1. The second-order valence-electron chi connectivity index (χ2n) is 4.79. The molecule has 3 rings (SSSR count). The number of fused-ring (bicyclic) bond motifs is 1. The number of rotatable bonds is 2. The molecule has 1 unspecified atom stereocenters. The van der Waals surface area contributed by atoms with Crippen molar-refractivity contribution in [1.29, 1.82) is 0 Å². The monoisotopic (exact) mass is 275 g/mol. The molecule has 0 spiro atoms. The molecular weight excluding hydrogens is 264 g/mol. The normalized spacial score (nSPS) is 20.6. The predicted molar refractivity (Wildman–Crippen MR) is 69.0 cm³/mol. The van der Waals surface area contributed by atoms with Crippen molar-refractivity contribution in [1.82, 2.24) is 0 Å². The van der Waals surface area contributed by atoms with Gasteiger partial charge in [0, 0.05) is 17.7 Å². The number of amides is 1. The zero-order valence-electron chi connectivity index (χ0n) is 10.4. The van der Waals surface area contributed by atoms with Crippen molar-refractivity contribution < 1.29 is 18.7 Å². The topological polar surface area (TPSA) is 49.3 Å². The Labute approximate surface area is 113 Å². The Hall–Kier alpha value is -2.27. The summed E-state index contributed by atoms with van der Waals surface area (Å²) < 4.78 is 26.1. The number of para-hydroxylation sites is 1. The van der Waals surface area contributed by atoms with Gasteiger partial charge in [0.05, 0.1) is 0 Å². The zero-order valence-corrected chi connectivity index (χ0v) is 10.4. The highest BCUT2D eigenvalue weighted by Gasteiger charge is 2.45. The van der Waals surface area contributed by atoms with Gasteiger partial charge in [-0.25, -0.2) is 8.78 Å². The van der Waals surface area contributed by atoms with Crippen molar-refractivity contribution >= 4 is 11.6 Å². The molecular formula is C15H11F2NO2. The van der Waals surface area contributed by atoms with E-state index in [2.05, 4.69) is 5.32 Å². The third-order valence-corrected chi connectivity index (χ3v) is 3.44. The van der Waals surface area contributed by atoms with E-state index >= 15 is 0 Å². The fourth-order valence-electron chi connectivity index (χ4n) is 2.42. The van der Waals surface area contributed by atoms with Crippen LogP contribution in [0.1, 0.15) is 11.1 Å². The van der Waals surface area contributed by atoms with Crippen molar-refractivity contribution in [2.45, 2.75) is 12.0 Å². The molecule has 0 aromatic heterocycles. The Morgan fingerprint density at radius 2 is 1.85 bits per heavy atom. The molecule has 0 bridgehead atoms. The van der Waals surface area contributed by atoms with Gasteiger partial charge in [0.1, 0.15) is 0 Å². The highest BCUT2D eigenvalue weighted by Crippen LogP contribution is 2.38. The number of anilines is 1. The zero-order chi connectivity index (χ0) is 14.3. The first-order valence-electron chi connectivity index (χ1n) is 6.08. The number of aliphatic hydroxyl groups is 1. The summed E-state index contributed by atoms with van der Waals surface area (Å²) in [6.07, 6.45) is -0.118. The van der Waals surface area contributed by atoms with Crippen LogP contribution in [0.5, 0.6) is 0 Å². The Balaban J connectivity index is 2.00. The predicted octanol–water partition coefficient (Wildman–Crippen LogP) is 2.35. The van der Waals surface area contributed by atoms with Crippen molar-refractivity contribution in [2.75, 3.05) is 5.32 Å². The van der Waals surface area contributed by atoms with E-state index in [0.717, 1.165) is 12.1 Å². The van der Waals surface area contributed by atoms with Crippen LogP contribution in [-0.4, -0.2) is 11.0 Å². The van der Waals surface area contributed by atoms with Gasteiger partial charge in [-0.2, -0.15) is 0 Å². The molecule has 0 fully saturated rings. The number of hydrogen-bond acceptors (Lipinski definition) is 2. The molecule has 20 heavy (non-hydrogen) atoms. The molecule has 0 saturated carbocycles. The molecule has 3 nitrogen and oxygen atoms in total. The average Bonchev–Trinajstić information content (AvgIpc) is 2.67. The molecule has 5 heteroatoms. The van der Waals surface area contributed by atoms with Crippen LogP contribution in [0.4, 0.5) is 14.5 Å². The molecule has 2 aromatic carbocycles. The SMILES string of the molecule is O=C1Nc2ccccc2C1(O)Cc1ccc(F)c(F)c1. The summed E-state index contributed by atoms with van der Waals surface area (Å²) in [7, 11) is 0. The smallest absolute Gasteiger partial charge is 0.261 e. The van der Waals surface area contributed by atoms with Gasteiger partial charge < -0.3 is 10.4 Å². The van der Waals surface area contributed by atoms with Crippen LogP contribution in [-0.2, 0) is 16.8 Å². The van der Waals surface area contributed by atoms with E-state index < -0.39 is 23.1 Å². The number of carbonyl (C=O) groups excluding carboxylic acids is 1. The fraction of sp³-hybridized carbons (Fsp3) is 0.133. The molecule has 0 radical (unpaired) electrons. The van der Waals surface area contributed by atoms with Crippen LogP contribution in [0.3, 0.4) is 0 Å². The molecule has 1 atom stereocenters. The third kappa shape index (κ3) is 1.87. The van der Waals surface area contributed by atoms with E-state index in [0.29, 0.717) is 16.8 Å². The van der Waals surface area contributed by atoms with E-state index in [1.54, 1.807) is 24.3 Å². The summed E-state index contributed by atoms with van der Waals surface area (Å²) >= 11 is 0. The first-order valence-corrected chi connectivity index (χ1v) is 6.08. The van der Waals surface area contributed by atoms with E-state index in [1.165, 1.54) is 6.07 Å². The van der Waals surface area contributed by atoms with E-state index in [4.69, 9.17) is 0 Å². The van der Waals surface area contributed by atoms with Crippen molar-refractivity contribution in [3.63, 3.8) is 0 Å². The maximum absolute atomic E-state index is 13.2. The number of nitrogens with one attached hydrogen (secondary N) is 1. The molecule has 1 aliphatic heterocycles. The van der Waals surface area contributed by atoms with Crippen LogP contribution in [0.25, 0.3) is 0 Å². The molecule has 2 aromatic rings. The summed E-state index contributed by atoms with van der Waals surface area (Å²) in [6, 6.07) is 10.1. The average molecular weight is 275 g/mol. The van der Waals surface area contributed by atoms with Gasteiger partial charge in [0.2, 0.25) is 0 Å². The van der Waals surface area contributed by atoms with Crippen molar-refractivity contribution in [3.8, 4) is 0 Å². The third-order valence-electron chi connectivity index (χ3n) is 3.44. The first-order chi connectivity index (χ1) is 9.50. The largest absolute Gasteiger partial charge is 0.375 e. The van der Waals surface area contributed by atoms with Crippen LogP contribution >= 0.6 is 0 Å². The van der Waals surface area contributed by atoms with Gasteiger partial charge in [0.15, 0.2) is 17.2 Å². The van der Waals surface area contributed by atoms with Crippen LogP contribution in [0.15, 0.2) is 42.5 Å². The van der Waals surface area contributed by atoms with Gasteiger partial charge in [-0.3, -0.25) is 4.79 Å². The Bertz CT molecular complexity index is 702. The minimum Gasteiger partial charge on any atom is -0.375 e. The minimum atomic E-state index is -1.76. The van der Waals surface area contributed by atoms with Crippen molar-refractivity contribution in [2.24, 2.45) is 0 Å². The first kappa shape index (κ1) is 12.7. The van der Waals surface area contributed by atoms with E-state index in [1.807, 2.05) is 0 Å². The molecule has 1 aliphatic rings. The summed E-state index contributed by atoms with van der Waals surface area (Å²) in [5.74, 6) is -2.53. The highest BCUT2D eigenvalue weighted by atomic mass is 19.2. The van der Waals surface area contributed by atoms with E-state index in [9.17, 15) is 18.7 Å². The van der Waals surface area contributed by atoms with Gasteiger partial charge in [-0.15, -0.1) is 0 Å². The van der Waals surface area contributed by atoms with Gasteiger partial charge in [-0.1, -0.05) is 24.3 Å². The Kier molecular flexibility index (Phi) is 2.79. The number of benzene rings is 2. The number of halogens is 2. The Morgan fingerprint density at radius 3 is 2.60 bits per heavy atom. The van der Waals surface area contributed by atoms with Gasteiger partial charge >= 0.3 is 0 Å². The summed E-state index contributed by atoms with van der Waals surface area (Å²) in [6.45, 7) is 0. The van der Waals surface area contributed by atoms with E-state index in [-0.39, 0.29) is 6.42 Å². The summed E-state index contributed by atoms with van der Waals surface area (Å²) in [5, 5.41) is 13.2. The molecule has 1 heterocycles. The maximum atomic E-state index is 13.2. The molecule has 1 amide bonds. The lowest BCUT2D eigenvalue weighted by Gasteiger charge is -2.21. The van der Waals surface area contributed by atoms with Gasteiger partial charge in [-0.05, 0) is 23.8 Å². The van der Waals surface area contributed by atoms with Crippen molar-refractivity contribution in [3.05, 3.63) is 65.2 Å². The van der Waals surface area contributed by atoms with Crippen LogP contribution in [0.2, 0.25) is 0 Å². The fourth-order valence-corrected chi connectivity index (χ4v) is 2.42.